The van der Waals surface area contributed by atoms with Crippen LogP contribution in [-0.2, 0) is 9.90 Å². The molecule has 1 radical (unpaired) electrons. The molecule has 0 bridgehead atoms. The minimum absolute atomic E-state index is 0.0852. The second-order valence-electron chi connectivity index (χ2n) is 2.23. The molecular weight excluding hydrogens is 146 g/mol. The van der Waals surface area contributed by atoms with Crippen molar-refractivity contribution in [2.24, 2.45) is 0 Å². The first-order chi connectivity index (χ1) is 5.31. The molecule has 4 heteroatoms. The summed E-state index contributed by atoms with van der Waals surface area (Å²) in [7, 11) is 0. The number of rotatable bonds is 6. The first kappa shape index (κ1) is 10.4. The molecular formula is C7H14NO3. The van der Waals surface area contributed by atoms with Crippen molar-refractivity contribution in [3.05, 3.63) is 0 Å². The van der Waals surface area contributed by atoms with E-state index >= 15 is 0 Å². The van der Waals surface area contributed by atoms with Crippen LogP contribution in [0.1, 0.15) is 19.3 Å². The van der Waals surface area contributed by atoms with Gasteiger partial charge < -0.3 is 10.4 Å². The van der Waals surface area contributed by atoms with Crippen molar-refractivity contribution in [3.8, 4) is 0 Å². The molecule has 0 unspecified atom stereocenters. The van der Waals surface area contributed by atoms with Gasteiger partial charge in [-0.2, -0.15) is 0 Å². The summed E-state index contributed by atoms with van der Waals surface area (Å²) in [6, 6.07) is 0. The lowest BCUT2D eigenvalue weighted by Crippen LogP contribution is -2.24. The number of nitrogens with one attached hydrogen (secondary N) is 1. The molecule has 0 atom stereocenters. The zero-order valence-corrected chi connectivity index (χ0v) is 6.51. The molecule has 0 saturated carbocycles. The molecule has 0 aromatic carbocycles. The maximum Gasteiger partial charge on any atom is 0.220 e. The van der Waals surface area contributed by atoms with Crippen molar-refractivity contribution in [2.45, 2.75) is 19.3 Å². The highest BCUT2D eigenvalue weighted by Gasteiger charge is 1.98. The Hall–Kier alpha value is -0.610. The van der Waals surface area contributed by atoms with Gasteiger partial charge in [-0.3, -0.25) is 4.79 Å². The second kappa shape index (κ2) is 7.50. The summed E-state index contributed by atoms with van der Waals surface area (Å²) in [5.74, 6) is -0.102. The molecule has 0 saturated heterocycles. The van der Waals surface area contributed by atoms with Crippen LogP contribution in [0, 0.1) is 0 Å². The van der Waals surface area contributed by atoms with Crippen LogP contribution in [0.3, 0.4) is 0 Å². The molecule has 4 nitrogen and oxygen atoms in total. The van der Waals surface area contributed by atoms with E-state index in [4.69, 9.17) is 5.11 Å². The number of carbonyl (C=O) groups excluding carboxylic acids is 1. The highest BCUT2D eigenvalue weighted by atomic mass is 16.3. The summed E-state index contributed by atoms with van der Waals surface area (Å²) < 4.78 is 0. The highest BCUT2D eigenvalue weighted by Crippen LogP contribution is 1.86. The third-order valence-corrected chi connectivity index (χ3v) is 1.21. The molecule has 0 fully saturated rings. The Morgan fingerprint density at radius 3 is 2.64 bits per heavy atom. The summed E-state index contributed by atoms with van der Waals surface area (Å²) in [5, 5.41) is 20.9. The van der Waals surface area contributed by atoms with Gasteiger partial charge in [0.25, 0.3) is 0 Å². The summed E-state index contributed by atoms with van der Waals surface area (Å²) >= 11 is 0. The molecule has 0 heterocycles. The third-order valence-electron chi connectivity index (χ3n) is 1.21. The maximum absolute atomic E-state index is 10.7. The number of amides is 1. The first-order valence-corrected chi connectivity index (χ1v) is 3.77. The largest absolute Gasteiger partial charge is 0.396 e. The predicted molar refractivity (Wildman–Crippen MR) is 39.5 cm³/mol. The fraction of sp³-hybridized carbons (Fsp3) is 0.857. The molecule has 11 heavy (non-hydrogen) atoms. The summed E-state index contributed by atoms with van der Waals surface area (Å²) in [5.41, 5.74) is 0. The van der Waals surface area contributed by atoms with Crippen LogP contribution in [0.5, 0.6) is 0 Å². The van der Waals surface area contributed by atoms with Crippen LogP contribution in [0.15, 0.2) is 0 Å². The van der Waals surface area contributed by atoms with E-state index in [2.05, 4.69) is 5.32 Å². The van der Waals surface area contributed by atoms with Crippen molar-refractivity contribution < 1.29 is 15.0 Å². The van der Waals surface area contributed by atoms with Crippen molar-refractivity contribution in [3.63, 3.8) is 0 Å². The lowest BCUT2D eigenvalue weighted by Gasteiger charge is -2.01. The van der Waals surface area contributed by atoms with Gasteiger partial charge in [0.05, 0.1) is 6.61 Å². The van der Waals surface area contributed by atoms with Crippen molar-refractivity contribution in [1.82, 2.24) is 5.32 Å². The molecule has 0 rings (SSSR count). The molecule has 65 valence electrons. The van der Waals surface area contributed by atoms with Crippen molar-refractivity contribution >= 4 is 5.91 Å². The minimum Gasteiger partial charge on any atom is -0.396 e. The molecule has 0 spiro atoms. The zero-order chi connectivity index (χ0) is 8.53. The van der Waals surface area contributed by atoms with E-state index in [-0.39, 0.29) is 19.1 Å². The van der Waals surface area contributed by atoms with Gasteiger partial charge in [-0.05, 0) is 12.8 Å². The fourth-order valence-electron chi connectivity index (χ4n) is 0.628. The standard InChI is InChI=1S/C7H14NO3/c9-5-1-3-7(11)8-4-2-6-10/h10H,1-6H2,(H,8,11). The minimum atomic E-state index is -0.201. The number of hydrogen-bond acceptors (Lipinski definition) is 2. The van der Waals surface area contributed by atoms with E-state index in [1.54, 1.807) is 0 Å². The lowest BCUT2D eigenvalue weighted by atomic mass is 10.3. The Labute approximate surface area is 66.2 Å². The molecule has 1 amide bonds. The normalized spacial score (nSPS) is 9.64. The van der Waals surface area contributed by atoms with Gasteiger partial charge in [0, 0.05) is 19.6 Å². The molecule has 0 aliphatic carbocycles. The predicted octanol–water partition coefficient (Wildman–Crippen LogP) is -0.304. The van der Waals surface area contributed by atoms with Crippen LogP contribution in [0.4, 0.5) is 0 Å². The van der Waals surface area contributed by atoms with E-state index in [0.717, 1.165) is 0 Å². The lowest BCUT2D eigenvalue weighted by molar-refractivity contribution is -0.121. The zero-order valence-electron chi connectivity index (χ0n) is 6.51. The average molecular weight is 160 g/mol. The SMILES string of the molecule is [O]CCCC(=O)NCCCO. The smallest absolute Gasteiger partial charge is 0.220 e. The monoisotopic (exact) mass is 160 g/mol. The average Bonchev–Trinajstić information content (AvgIpc) is 2.01. The van der Waals surface area contributed by atoms with Crippen LogP contribution in [-0.4, -0.2) is 30.8 Å². The fourth-order valence-corrected chi connectivity index (χ4v) is 0.628. The van der Waals surface area contributed by atoms with Gasteiger partial charge in [0.2, 0.25) is 5.91 Å². The summed E-state index contributed by atoms with van der Waals surface area (Å²) in [6.07, 6.45) is 1.27. The Bertz CT molecular complexity index is 106. The van der Waals surface area contributed by atoms with E-state index in [0.29, 0.717) is 25.8 Å². The van der Waals surface area contributed by atoms with Gasteiger partial charge in [-0.15, -0.1) is 0 Å². The molecule has 0 aliphatic heterocycles. The van der Waals surface area contributed by atoms with Crippen LogP contribution >= 0.6 is 0 Å². The first-order valence-electron chi connectivity index (χ1n) is 3.77. The molecule has 0 aromatic heterocycles. The van der Waals surface area contributed by atoms with Crippen molar-refractivity contribution in [2.75, 3.05) is 19.8 Å². The van der Waals surface area contributed by atoms with Crippen LogP contribution in [0.25, 0.3) is 0 Å². The quantitative estimate of drug-likeness (QED) is 0.523. The Balaban J connectivity index is 3.09. The van der Waals surface area contributed by atoms with Gasteiger partial charge in [-0.25, -0.2) is 5.11 Å². The Kier molecular flexibility index (Phi) is 7.08. The van der Waals surface area contributed by atoms with E-state index in [1.165, 1.54) is 0 Å². The molecule has 2 N–H and O–H groups in total. The van der Waals surface area contributed by atoms with E-state index < -0.39 is 0 Å². The van der Waals surface area contributed by atoms with Gasteiger partial charge >= 0.3 is 0 Å². The van der Waals surface area contributed by atoms with Gasteiger partial charge in [-0.1, -0.05) is 0 Å². The maximum atomic E-state index is 10.7. The topological polar surface area (TPSA) is 69.2 Å². The second-order valence-corrected chi connectivity index (χ2v) is 2.23. The summed E-state index contributed by atoms with van der Waals surface area (Å²) in [6.45, 7) is 0.378. The number of carbonyl (C=O) groups is 1. The molecule has 0 aliphatic rings. The van der Waals surface area contributed by atoms with Crippen LogP contribution < -0.4 is 5.32 Å². The number of aliphatic hydroxyl groups is 1. The number of aliphatic hydroxyl groups excluding tert-OH is 1. The molecule has 0 aromatic rings. The van der Waals surface area contributed by atoms with Crippen molar-refractivity contribution in [1.29, 1.82) is 0 Å². The van der Waals surface area contributed by atoms with Crippen LogP contribution in [0.2, 0.25) is 0 Å². The summed E-state index contributed by atoms with van der Waals surface area (Å²) in [4.78, 5) is 10.7. The van der Waals surface area contributed by atoms with Gasteiger partial charge in [0.15, 0.2) is 0 Å². The van der Waals surface area contributed by atoms with Gasteiger partial charge in [0.1, 0.15) is 0 Å². The number of hydrogen-bond donors (Lipinski definition) is 2. The Morgan fingerprint density at radius 1 is 1.36 bits per heavy atom. The third kappa shape index (κ3) is 7.29. The Morgan fingerprint density at radius 2 is 2.09 bits per heavy atom. The van der Waals surface area contributed by atoms with E-state index in [9.17, 15) is 9.90 Å². The highest BCUT2D eigenvalue weighted by molar-refractivity contribution is 5.75. The van der Waals surface area contributed by atoms with E-state index in [1.807, 2.05) is 0 Å².